The third-order valence-electron chi connectivity index (χ3n) is 2.94. The van der Waals surface area contributed by atoms with Crippen molar-refractivity contribution >= 4 is 11.6 Å². The van der Waals surface area contributed by atoms with Gasteiger partial charge in [-0.3, -0.25) is 0 Å². The SMILES string of the molecule is NC1(CO)CC(c2cccc(Cl)c2)C1. The number of hydrogen-bond donors (Lipinski definition) is 2. The van der Waals surface area contributed by atoms with Crippen molar-refractivity contribution in [3.63, 3.8) is 0 Å². The van der Waals surface area contributed by atoms with Gasteiger partial charge in [0.1, 0.15) is 0 Å². The third-order valence-corrected chi connectivity index (χ3v) is 3.18. The molecule has 0 unspecified atom stereocenters. The number of aliphatic hydroxyl groups is 1. The average molecular weight is 212 g/mol. The van der Waals surface area contributed by atoms with Crippen LogP contribution in [0.2, 0.25) is 5.02 Å². The van der Waals surface area contributed by atoms with Crippen LogP contribution in [0.1, 0.15) is 24.3 Å². The number of nitrogens with two attached hydrogens (primary N) is 1. The molecule has 3 heteroatoms. The monoisotopic (exact) mass is 211 g/mol. The van der Waals surface area contributed by atoms with E-state index in [1.54, 1.807) is 0 Å². The second-order valence-electron chi connectivity index (χ2n) is 4.18. The van der Waals surface area contributed by atoms with Crippen LogP contribution < -0.4 is 5.73 Å². The summed E-state index contributed by atoms with van der Waals surface area (Å²) in [5.41, 5.74) is 6.76. The van der Waals surface area contributed by atoms with Crippen molar-refractivity contribution < 1.29 is 5.11 Å². The summed E-state index contributed by atoms with van der Waals surface area (Å²) in [6.07, 6.45) is 1.70. The Balaban J connectivity index is 2.06. The standard InChI is InChI=1S/C11H14ClNO/c12-10-3-1-2-8(4-10)9-5-11(13,6-9)7-14/h1-4,9,14H,5-7,13H2. The van der Waals surface area contributed by atoms with Gasteiger partial charge in [0.25, 0.3) is 0 Å². The van der Waals surface area contributed by atoms with Gasteiger partial charge in [0, 0.05) is 10.6 Å². The maximum atomic E-state index is 9.01. The topological polar surface area (TPSA) is 46.2 Å². The highest BCUT2D eigenvalue weighted by Crippen LogP contribution is 2.43. The molecule has 0 bridgehead atoms. The van der Waals surface area contributed by atoms with Crippen LogP contribution in [0.4, 0.5) is 0 Å². The number of hydrogen-bond acceptors (Lipinski definition) is 2. The van der Waals surface area contributed by atoms with Gasteiger partial charge in [-0.1, -0.05) is 23.7 Å². The van der Waals surface area contributed by atoms with Crippen molar-refractivity contribution in [2.45, 2.75) is 24.3 Å². The Morgan fingerprint density at radius 1 is 1.50 bits per heavy atom. The van der Waals surface area contributed by atoms with E-state index in [1.807, 2.05) is 18.2 Å². The van der Waals surface area contributed by atoms with Crippen LogP contribution in [0.25, 0.3) is 0 Å². The third kappa shape index (κ3) is 1.78. The minimum absolute atomic E-state index is 0.0735. The largest absolute Gasteiger partial charge is 0.394 e. The first-order valence-corrected chi connectivity index (χ1v) is 5.16. The quantitative estimate of drug-likeness (QED) is 0.785. The maximum absolute atomic E-state index is 9.01. The Bertz CT molecular complexity index is 334. The first-order valence-electron chi connectivity index (χ1n) is 4.78. The van der Waals surface area contributed by atoms with Crippen molar-refractivity contribution in [1.29, 1.82) is 0 Å². The molecule has 3 N–H and O–H groups in total. The van der Waals surface area contributed by atoms with Gasteiger partial charge in [0.05, 0.1) is 6.61 Å². The highest BCUT2D eigenvalue weighted by Gasteiger charge is 2.40. The Kier molecular flexibility index (Phi) is 2.52. The van der Waals surface area contributed by atoms with Crippen molar-refractivity contribution in [1.82, 2.24) is 0 Å². The molecule has 0 spiro atoms. The predicted molar refractivity (Wildman–Crippen MR) is 57.4 cm³/mol. The average Bonchev–Trinajstić information content (AvgIpc) is 2.13. The predicted octanol–water partition coefficient (Wildman–Crippen LogP) is 1.91. The maximum Gasteiger partial charge on any atom is 0.0611 e. The molecule has 1 fully saturated rings. The molecule has 76 valence electrons. The van der Waals surface area contributed by atoms with Gasteiger partial charge in [-0.25, -0.2) is 0 Å². The lowest BCUT2D eigenvalue weighted by molar-refractivity contribution is 0.106. The first kappa shape index (κ1) is 9.97. The molecular formula is C11H14ClNO. The fourth-order valence-electron chi connectivity index (χ4n) is 2.05. The van der Waals surface area contributed by atoms with E-state index < -0.39 is 0 Å². The van der Waals surface area contributed by atoms with E-state index in [4.69, 9.17) is 22.4 Å². The first-order chi connectivity index (χ1) is 6.63. The lowest BCUT2D eigenvalue weighted by Crippen LogP contribution is -2.53. The van der Waals surface area contributed by atoms with Gasteiger partial charge in [-0.05, 0) is 36.5 Å². The highest BCUT2D eigenvalue weighted by atomic mass is 35.5. The fourth-order valence-corrected chi connectivity index (χ4v) is 2.25. The van der Waals surface area contributed by atoms with Crippen LogP contribution >= 0.6 is 11.6 Å². The summed E-state index contributed by atoms with van der Waals surface area (Å²) in [6, 6.07) is 7.86. The summed E-state index contributed by atoms with van der Waals surface area (Å²) in [4.78, 5) is 0. The molecular weight excluding hydrogens is 198 g/mol. The summed E-state index contributed by atoms with van der Waals surface area (Å²) in [6.45, 7) is 0.0735. The zero-order chi connectivity index (χ0) is 10.2. The second-order valence-corrected chi connectivity index (χ2v) is 4.62. The normalized spacial score (nSPS) is 31.2. The lowest BCUT2D eigenvalue weighted by atomic mass is 9.66. The van der Waals surface area contributed by atoms with Gasteiger partial charge < -0.3 is 10.8 Å². The van der Waals surface area contributed by atoms with Crippen molar-refractivity contribution in [2.75, 3.05) is 6.61 Å². The van der Waals surface area contributed by atoms with Crippen LogP contribution in [0, 0.1) is 0 Å². The van der Waals surface area contributed by atoms with E-state index in [2.05, 4.69) is 6.07 Å². The summed E-state index contributed by atoms with van der Waals surface area (Å²) < 4.78 is 0. The van der Waals surface area contributed by atoms with Gasteiger partial charge >= 0.3 is 0 Å². The van der Waals surface area contributed by atoms with Crippen molar-refractivity contribution in [3.8, 4) is 0 Å². The lowest BCUT2D eigenvalue weighted by Gasteiger charge is -2.44. The van der Waals surface area contributed by atoms with Gasteiger partial charge in [-0.2, -0.15) is 0 Å². The Hall–Kier alpha value is -0.570. The van der Waals surface area contributed by atoms with Gasteiger partial charge in [0.2, 0.25) is 0 Å². The highest BCUT2D eigenvalue weighted by molar-refractivity contribution is 6.30. The molecule has 2 nitrogen and oxygen atoms in total. The second kappa shape index (κ2) is 3.54. The van der Waals surface area contributed by atoms with E-state index in [0.29, 0.717) is 5.92 Å². The van der Waals surface area contributed by atoms with Crippen LogP contribution in [0.15, 0.2) is 24.3 Å². The van der Waals surface area contributed by atoms with Crippen LogP contribution in [-0.2, 0) is 0 Å². The van der Waals surface area contributed by atoms with E-state index in [1.165, 1.54) is 5.56 Å². The molecule has 2 rings (SSSR count). The molecule has 0 aromatic heterocycles. The fraction of sp³-hybridized carbons (Fsp3) is 0.455. The molecule has 1 aromatic rings. The van der Waals surface area contributed by atoms with Crippen molar-refractivity contribution in [3.05, 3.63) is 34.9 Å². The molecule has 0 saturated heterocycles. The number of rotatable bonds is 2. The minimum Gasteiger partial charge on any atom is -0.394 e. The van der Waals surface area contributed by atoms with E-state index in [-0.39, 0.29) is 12.1 Å². The molecule has 1 aliphatic carbocycles. The van der Waals surface area contributed by atoms with Crippen molar-refractivity contribution in [2.24, 2.45) is 5.73 Å². The van der Waals surface area contributed by atoms with E-state index in [0.717, 1.165) is 17.9 Å². The zero-order valence-corrected chi connectivity index (χ0v) is 8.67. The smallest absolute Gasteiger partial charge is 0.0611 e. The zero-order valence-electron chi connectivity index (χ0n) is 7.91. The minimum atomic E-state index is -0.354. The van der Waals surface area contributed by atoms with Crippen LogP contribution in [0.5, 0.6) is 0 Å². The molecule has 0 atom stereocenters. The molecule has 0 heterocycles. The molecule has 1 aliphatic rings. The Labute approximate surface area is 88.7 Å². The Morgan fingerprint density at radius 2 is 2.21 bits per heavy atom. The molecule has 0 aliphatic heterocycles. The van der Waals surface area contributed by atoms with Gasteiger partial charge in [0.15, 0.2) is 0 Å². The Morgan fingerprint density at radius 3 is 2.79 bits per heavy atom. The van der Waals surface area contributed by atoms with E-state index in [9.17, 15) is 0 Å². The molecule has 0 amide bonds. The summed E-state index contributed by atoms with van der Waals surface area (Å²) in [7, 11) is 0. The number of aliphatic hydroxyl groups excluding tert-OH is 1. The van der Waals surface area contributed by atoms with Crippen LogP contribution in [0.3, 0.4) is 0 Å². The molecule has 0 radical (unpaired) electrons. The number of halogens is 1. The summed E-state index contributed by atoms with van der Waals surface area (Å²) in [5, 5.41) is 9.78. The van der Waals surface area contributed by atoms with Crippen LogP contribution in [-0.4, -0.2) is 17.3 Å². The summed E-state index contributed by atoms with van der Waals surface area (Å²) >= 11 is 5.89. The molecule has 14 heavy (non-hydrogen) atoms. The number of benzene rings is 1. The van der Waals surface area contributed by atoms with E-state index >= 15 is 0 Å². The van der Waals surface area contributed by atoms with Gasteiger partial charge in [-0.15, -0.1) is 0 Å². The molecule has 1 saturated carbocycles. The summed E-state index contributed by atoms with van der Waals surface area (Å²) in [5.74, 6) is 0.464. The molecule has 1 aromatic carbocycles.